The Morgan fingerprint density at radius 3 is 1.90 bits per heavy atom. The Hall–Kier alpha value is -0.720. The van der Waals surface area contributed by atoms with Gasteiger partial charge in [0.1, 0.15) is 0 Å². The van der Waals surface area contributed by atoms with E-state index < -0.39 is 0 Å². The van der Waals surface area contributed by atoms with Crippen molar-refractivity contribution in [2.45, 2.75) is 27.2 Å². The predicted octanol–water partition coefficient (Wildman–Crippen LogP) is 2.77. The quantitative estimate of drug-likeness (QED) is 0.579. The zero-order valence-corrected chi connectivity index (χ0v) is 7.17. The molecule has 0 aliphatic heterocycles. The molecule has 0 spiro atoms. The maximum Gasteiger partial charge on any atom is 0.0216 e. The molecule has 0 amide bonds. The lowest BCUT2D eigenvalue weighted by Gasteiger charge is -2.12. The SMILES string of the molecule is C/C=C\N(/C=C/C)CCC. The van der Waals surface area contributed by atoms with Gasteiger partial charge >= 0.3 is 0 Å². The van der Waals surface area contributed by atoms with Gasteiger partial charge in [0.15, 0.2) is 0 Å². The molecule has 0 heterocycles. The molecule has 0 aromatic carbocycles. The van der Waals surface area contributed by atoms with Gasteiger partial charge in [-0.25, -0.2) is 0 Å². The molecule has 1 heteroatoms. The Morgan fingerprint density at radius 1 is 1.10 bits per heavy atom. The summed E-state index contributed by atoms with van der Waals surface area (Å²) < 4.78 is 0. The normalized spacial score (nSPS) is 11.5. The zero-order valence-electron chi connectivity index (χ0n) is 7.17. The minimum Gasteiger partial charge on any atom is -0.355 e. The third-order valence-corrected chi connectivity index (χ3v) is 1.16. The molecule has 0 rings (SSSR count). The summed E-state index contributed by atoms with van der Waals surface area (Å²) in [5.41, 5.74) is 0. The molecule has 0 aromatic heterocycles. The van der Waals surface area contributed by atoms with Gasteiger partial charge in [0.25, 0.3) is 0 Å². The topological polar surface area (TPSA) is 3.24 Å². The Bertz CT molecular complexity index is 102. The second-order valence-corrected chi connectivity index (χ2v) is 2.20. The molecule has 0 bridgehead atoms. The zero-order chi connectivity index (χ0) is 7.82. The smallest absolute Gasteiger partial charge is 0.0216 e. The second kappa shape index (κ2) is 6.40. The summed E-state index contributed by atoms with van der Waals surface area (Å²) in [6.45, 7) is 7.35. The fraction of sp³-hybridized carbons (Fsp3) is 0.556. The molecular formula is C9H17N. The Balaban J connectivity index is 3.72. The highest BCUT2D eigenvalue weighted by Gasteiger charge is 1.87. The summed E-state index contributed by atoms with van der Waals surface area (Å²) in [7, 11) is 0. The van der Waals surface area contributed by atoms with Crippen LogP contribution in [0, 0.1) is 0 Å². The van der Waals surface area contributed by atoms with Crippen molar-refractivity contribution in [1.29, 1.82) is 0 Å². The fourth-order valence-electron chi connectivity index (χ4n) is 0.840. The standard InChI is InChI=1S/C9H17N/c1-4-7-10(8-5-2)9-6-3/h4-5,7-8H,6,9H2,1-3H3/b7-4-,8-5+. The third-order valence-electron chi connectivity index (χ3n) is 1.16. The molecule has 0 saturated carbocycles. The molecule has 0 aliphatic carbocycles. The van der Waals surface area contributed by atoms with Crippen molar-refractivity contribution < 1.29 is 0 Å². The molecule has 0 aliphatic rings. The van der Waals surface area contributed by atoms with Crippen LogP contribution in [-0.4, -0.2) is 11.4 Å². The van der Waals surface area contributed by atoms with Crippen molar-refractivity contribution in [3.05, 3.63) is 24.6 Å². The van der Waals surface area contributed by atoms with Crippen LogP contribution in [0.2, 0.25) is 0 Å². The Kier molecular flexibility index (Phi) is 5.94. The maximum atomic E-state index is 2.18. The van der Waals surface area contributed by atoms with Gasteiger partial charge in [-0.05, 0) is 32.7 Å². The Labute approximate surface area is 64.0 Å². The van der Waals surface area contributed by atoms with E-state index in [0.717, 1.165) is 6.54 Å². The molecule has 0 atom stereocenters. The van der Waals surface area contributed by atoms with Gasteiger partial charge in [-0.3, -0.25) is 0 Å². The van der Waals surface area contributed by atoms with Gasteiger partial charge in [0.2, 0.25) is 0 Å². The number of allylic oxidation sites excluding steroid dienone is 2. The van der Waals surface area contributed by atoms with Crippen LogP contribution < -0.4 is 0 Å². The summed E-state index contributed by atoms with van der Waals surface area (Å²) in [6.07, 6.45) is 9.47. The molecule has 1 nitrogen and oxygen atoms in total. The lowest BCUT2D eigenvalue weighted by atomic mass is 10.4. The first kappa shape index (κ1) is 9.28. The predicted molar refractivity (Wildman–Crippen MR) is 46.6 cm³/mol. The van der Waals surface area contributed by atoms with Crippen LogP contribution in [0.25, 0.3) is 0 Å². The van der Waals surface area contributed by atoms with Crippen LogP contribution in [0.15, 0.2) is 24.6 Å². The molecule has 0 radical (unpaired) electrons. The average Bonchev–Trinajstić information content (AvgIpc) is 1.90. The molecule has 0 saturated heterocycles. The van der Waals surface area contributed by atoms with E-state index >= 15 is 0 Å². The first-order chi connectivity index (χ1) is 4.85. The van der Waals surface area contributed by atoms with Gasteiger partial charge in [-0.2, -0.15) is 0 Å². The monoisotopic (exact) mass is 139 g/mol. The molecule has 0 unspecified atom stereocenters. The van der Waals surface area contributed by atoms with Crippen LogP contribution in [0.1, 0.15) is 27.2 Å². The molecule has 10 heavy (non-hydrogen) atoms. The van der Waals surface area contributed by atoms with Crippen molar-refractivity contribution in [2.24, 2.45) is 0 Å². The highest BCUT2D eigenvalue weighted by atomic mass is 15.1. The molecule has 0 N–H and O–H groups in total. The fourth-order valence-corrected chi connectivity index (χ4v) is 0.840. The van der Waals surface area contributed by atoms with Crippen LogP contribution in [0.5, 0.6) is 0 Å². The number of hydrogen-bond acceptors (Lipinski definition) is 1. The van der Waals surface area contributed by atoms with Crippen molar-refractivity contribution >= 4 is 0 Å². The Morgan fingerprint density at radius 2 is 1.60 bits per heavy atom. The summed E-state index contributed by atoms with van der Waals surface area (Å²) in [4.78, 5) is 2.18. The largest absolute Gasteiger partial charge is 0.355 e. The van der Waals surface area contributed by atoms with Gasteiger partial charge < -0.3 is 4.90 Å². The highest BCUT2D eigenvalue weighted by molar-refractivity contribution is 4.88. The van der Waals surface area contributed by atoms with Crippen molar-refractivity contribution in [1.82, 2.24) is 4.90 Å². The molecular weight excluding hydrogens is 122 g/mol. The minimum atomic E-state index is 1.11. The van der Waals surface area contributed by atoms with Crippen LogP contribution in [0.3, 0.4) is 0 Å². The summed E-state index contributed by atoms with van der Waals surface area (Å²) >= 11 is 0. The number of rotatable bonds is 4. The van der Waals surface area contributed by atoms with Crippen molar-refractivity contribution in [3.63, 3.8) is 0 Å². The van der Waals surface area contributed by atoms with E-state index in [9.17, 15) is 0 Å². The van der Waals surface area contributed by atoms with E-state index in [0.29, 0.717) is 0 Å². The van der Waals surface area contributed by atoms with Gasteiger partial charge in [0, 0.05) is 6.54 Å². The molecule has 0 aromatic rings. The minimum absolute atomic E-state index is 1.11. The summed E-state index contributed by atoms with van der Waals surface area (Å²) in [5, 5.41) is 0. The third kappa shape index (κ3) is 4.19. The lowest BCUT2D eigenvalue weighted by molar-refractivity contribution is 0.500. The summed E-state index contributed by atoms with van der Waals surface area (Å²) in [5.74, 6) is 0. The molecule has 0 fully saturated rings. The van der Waals surface area contributed by atoms with Crippen molar-refractivity contribution in [2.75, 3.05) is 6.54 Å². The van der Waals surface area contributed by atoms with E-state index in [1.54, 1.807) is 0 Å². The number of nitrogens with zero attached hydrogens (tertiary/aromatic N) is 1. The summed E-state index contributed by atoms with van der Waals surface area (Å²) in [6, 6.07) is 0. The van der Waals surface area contributed by atoms with Gasteiger partial charge in [0.05, 0.1) is 0 Å². The maximum absolute atomic E-state index is 2.18. The first-order valence-electron chi connectivity index (χ1n) is 3.86. The highest BCUT2D eigenvalue weighted by Crippen LogP contribution is 1.93. The van der Waals surface area contributed by atoms with Gasteiger partial charge in [-0.15, -0.1) is 0 Å². The van der Waals surface area contributed by atoms with E-state index in [-0.39, 0.29) is 0 Å². The second-order valence-electron chi connectivity index (χ2n) is 2.20. The lowest BCUT2D eigenvalue weighted by Crippen LogP contribution is -2.09. The van der Waals surface area contributed by atoms with Crippen LogP contribution in [0.4, 0.5) is 0 Å². The van der Waals surface area contributed by atoms with E-state index in [4.69, 9.17) is 0 Å². The van der Waals surface area contributed by atoms with E-state index in [1.165, 1.54) is 6.42 Å². The van der Waals surface area contributed by atoms with Crippen molar-refractivity contribution in [3.8, 4) is 0 Å². The van der Waals surface area contributed by atoms with E-state index in [1.807, 2.05) is 13.8 Å². The van der Waals surface area contributed by atoms with Gasteiger partial charge in [-0.1, -0.05) is 19.1 Å². The van der Waals surface area contributed by atoms with Crippen LogP contribution in [-0.2, 0) is 0 Å². The molecule has 58 valence electrons. The first-order valence-corrected chi connectivity index (χ1v) is 3.86. The van der Waals surface area contributed by atoms with E-state index in [2.05, 4.69) is 36.4 Å². The number of hydrogen-bond donors (Lipinski definition) is 0. The average molecular weight is 139 g/mol. The van der Waals surface area contributed by atoms with Crippen LogP contribution >= 0.6 is 0 Å².